The normalized spacial score (nSPS) is 12.9. The minimum Gasteiger partial charge on any atom is -0.491 e. The number of rotatable bonds is 7. The second-order valence-electron chi connectivity index (χ2n) is 9.54. The van der Waals surface area contributed by atoms with Crippen LogP contribution >= 0.6 is 22.6 Å². The highest BCUT2D eigenvalue weighted by molar-refractivity contribution is 14.1. The molecule has 0 fully saturated rings. The third-order valence-corrected chi connectivity index (χ3v) is 6.49. The molecule has 2 aromatic carbocycles. The number of hydrogen-bond donors (Lipinski definition) is 1. The minimum atomic E-state index is -0.401. The van der Waals surface area contributed by atoms with Gasteiger partial charge in [-0.05, 0) is 65.1 Å². The standard InChI is InChI=1S/C26H29FINO4/c1-15(2)33-22-11-21-19(10-17(22)9-16-7-6-8-20(28)24(16)27)25(32)18(13-30)12-29(21)23(14-31)26(3,4)5/h6-8,10-13,15,23,31H,9,14H2,1-5H3/t23-/m1/s1. The van der Waals surface area contributed by atoms with E-state index in [0.717, 1.165) is 0 Å². The molecule has 0 radical (unpaired) electrons. The zero-order valence-electron chi connectivity index (χ0n) is 19.5. The number of halogens is 2. The largest absolute Gasteiger partial charge is 0.491 e. The molecule has 0 amide bonds. The van der Waals surface area contributed by atoms with Crippen molar-refractivity contribution >= 4 is 39.8 Å². The number of aliphatic hydroxyl groups is 1. The highest BCUT2D eigenvalue weighted by atomic mass is 127. The summed E-state index contributed by atoms with van der Waals surface area (Å²) in [4.78, 5) is 24.8. The third-order valence-electron chi connectivity index (χ3n) is 5.65. The molecule has 0 spiro atoms. The highest BCUT2D eigenvalue weighted by Crippen LogP contribution is 2.35. The first kappa shape index (κ1) is 25.4. The Morgan fingerprint density at radius 1 is 1.21 bits per heavy atom. The van der Waals surface area contributed by atoms with Gasteiger partial charge in [0.15, 0.2) is 11.7 Å². The lowest BCUT2D eigenvalue weighted by Gasteiger charge is -2.33. The number of aromatic nitrogens is 1. The number of aldehydes is 1. The Bertz CT molecular complexity index is 1240. The Labute approximate surface area is 206 Å². The Balaban J connectivity index is 2.35. The van der Waals surface area contributed by atoms with Gasteiger partial charge in [-0.1, -0.05) is 32.9 Å². The van der Waals surface area contributed by atoms with E-state index in [2.05, 4.69) is 0 Å². The van der Waals surface area contributed by atoms with Crippen molar-refractivity contribution in [3.8, 4) is 5.75 Å². The summed E-state index contributed by atoms with van der Waals surface area (Å²) in [6, 6.07) is 8.27. The van der Waals surface area contributed by atoms with Gasteiger partial charge >= 0.3 is 0 Å². The van der Waals surface area contributed by atoms with Gasteiger partial charge in [0, 0.05) is 27.6 Å². The van der Waals surface area contributed by atoms with E-state index >= 15 is 0 Å². The molecule has 0 aliphatic rings. The first-order valence-electron chi connectivity index (χ1n) is 10.8. The van der Waals surface area contributed by atoms with Gasteiger partial charge in [-0.25, -0.2) is 4.39 Å². The van der Waals surface area contributed by atoms with Gasteiger partial charge in [-0.3, -0.25) is 9.59 Å². The van der Waals surface area contributed by atoms with Crippen LogP contribution in [0.1, 0.15) is 62.1 Å². The summed E-state index contributed by atoms with van der Waals surface area (Å²) in [5.41, 5.74) is 0.960. The molecule has 1 aromatic heterocycles. The predicted octanol–water partition coefficient (Wildman–Crippen LogP) is 5.52. The maximum absolute atomic E-state index is 14.8. The van der Waals surface area contributed by atoms with Crippen molar-refractivity contribution in [3.05, 3.63) is 72.8 Å². The molecule has 3 aromatic rings. The van der Waals surface area contributed by atoms with Crippen LogP contribution in [-0.2, 0) is 6.42 Å². The van der Waals surface area contributed by atoms with E-state index in [1.165, 1.54) is 6.20 Å². The molecule has 0 saturated heterocycles. The van der Waals surface area contributed by atoms with Gasteiger partial charge in [0.1, 0.15) is 11.6 Å². The summed E-state index contributed by atoms with van der Waals surface area (Å²) in [6.07, 6.45) is 2.12. The van der Waals surface area contributed by atoms with Gasteiger partial charge in [-0.2, -0.15) is 0 Å². The average Bonchev–Trinajstić information content (AvgIpc) is 2.73. The van der Waals surface area contributed by atoms with Crippen molar-refractivity contribution in [1.82, 2.24) is 4.57 Å². The van der Waals surface area contributed by atoms with Crippen LogP contribution in [0.25, 0.3) is 10.9 Å². The lowest BCUT2D eigenvalue weighted by molar-refractivity contribution is 0.111. The number of ether oxygens (including phenoxy) is 1. The van der Waals surface area contributed by atoms with E-state index in [0.29, 0.717) is 37.6 Å². The molecule has 33 heavy (non-hydrogen) atoms. The van der Waals surface area contributed by atoms with Crippen LogP contribution in [0, 0.1) is 14.8 Å². The fourth-order valence-corrected chi connectivity index (χ4v) is 4.51. The number of benzene rings is 2. The quantitative estimate of drug-likeness (QED) is 0.303. The van der Waals surface area contributed by atoms with Crippen LogP contribution in [0.4, 0.5) is 4.39 Å². The van der Waals surface area contributed by atoms with E-state index in [9.17, 15) is 19.1 Å². The van der Waals surface area contributed by atoms with E-state index in [4.69, 9.17) is 4.74 Å². The molecule has 1 N–H and O–H groups in total. The van der Waals surface area contributed by atoms with Crippen molar-refractivity contribution in [2.24, 2.45) is 5.41 Å². The summed E-state index contributed by atoms with van der Waals surface area (Å²) >= 11 is 1.95. The monoisotopic (exact) mass is 565 g/mol. The zero-order valence-corrected chi connectivity index (χ0v) is 21.6. The van der Waals surface area contributed by atoms with Crippen molar-refractivity contribution in [3.63, 3.8) is 0 Å². The van der Waals surface area contributed by atoms with Crippen LogP contribution in [0.2, 0.25) is 0 Å². The lowest BCUT2D eigenvalue weighted by atomic mass is 9.86. The van der Waals surface area contributed by atoms with E-state index < -0.39 is 5.43 Å². The molecule has 0 bridgehead atoms. The first-order chi connectivity index (χ1) is 15.5. The number of nitrogens with zero attached hydrogens (tertiary/aromatic N) is 1. The molecular formula is C26H29FINO4. The van der Waals surface area contributed by atoms with Crippen LogP contribution in [0.3, 0.4) is 0 Å². The third kappa shape index (κ3) is 5.30. The Morgan fingerprint density at radius 2 is 1.91 bits per heavy atom. The molecule has 0 saturated carbocycles. The zero-order chi connectivity index (χ0) is 24.5. The molecule has 7 heteroatoms. The van der Waals surface area contributed by atoms with Gasteiger partial charge in [0.05, 0.1) is 29.8 Å². The van der Waals surface area contributed by atoms with Crippen LogP contribution in [0.5, 0.6) is 5.75 Å². The molecule has 0 aliphatic heterocycles. The molecule has 0 unspecified atom stereocenters. The summed E-state index contributed by atoms with van der Waals surface area (Å²) < 4.78 is 23.1. The lowest BCUT2D eigenvalue weighted by Crippen LogP contribution is -2.30. The number of fused-ring (bicyclic) bond motifs is 1. The smallest absolute Gasteiger partial charge is 0.199 e. The maximum atomic E-state index is 14.8. The molecule has 176 valence electrons. The summed E-state index contributed by atoms with van der Waals surface area (Å²) in [5.74, 6) is 0.231. The Hall–Kier alpha value is -2.26. The van der Waals surface area contributed by atoms with Gasteiger partial charge in [-0.15, -0.1) is 0 Å². The van der Waals surface area contributed by atoms with E-state index in [1.54, 1.807) is 34.9 Å². The molecular weight excluding hydrogens is 536 g/mol. The summed E-state index contributed by atoms with van der Waals surface area (Å²) in [5, 5.41) is 10.5. The molecule has 3 rings (SSSR count). The number of carbonyl (C=O) groups excluding carboxylic acids is 1. The fourth-order valence-electron chi connectivity index (χ4n) is 3.96. The topological polar surface area (TPSA) is 68.5 Å². The summed E-state index contributed by atoms with van der Waals surface area (Å²) in [7, 11) is 0. The number of aliphatic hydroxyl groups excluding tert-OH is 1. The average molecular weight is 565 g/mol. The number of carbonyl (C=O) groups is 1. The number of hydrogen-bond acceptors (Lipinski definition) is 4. The van der Waals surface area contributed by atoms with E-state index in [-0.39, 0.29) is 42.0 Å². The van der Waals surface area contributed by atoms with Gasteiger partial charge in [0.25, 0.3) is 0 Å². The SMILES string of the molecule is CC(C)Oc1cc2c(cc1Cc1cccc(I)c1F)c(=O)c(C=O)cn2[C@H](CO)C(C)(C)C. The molecule has 1 heterocycles. The first-order valence-corrected chi connectivity index (χ1v) is 11.9. The van der Waals surface area contributed by atoms with Crippen molar-refractivity contribution < 1.29 is 19.0 Å². The van der Waals surface area contributed by atoms with Crippen LogP contribution in [0.15, 0.2) is 41.3 Å². The fraction of sp³-hybridized carbons (Fsp3) is 0.385. The van der Waals surface area contributed by atoms with Crippen molar-refractivity contribution in [2.45, 2.75) is 53.2 Å². The Morgan fingerprint density at radius 3 is 2.48 bits per heavy atom. The minimum absolute atomic E-state index is 0.00844. The molecule has 1 atom stereocenters. The predicted molar refractivity (Wildman–Crippen MR) is 137 cm³/mol. The van der Waals surface area contributed by atoms with E-state index in [1.807, 2.05) is 57.2 Å². The van der Waals surface area contributed by atoms with Gasteiger partial charge < -0.3 is 14.4 Å². The second kappa shape index (κ2) is 9.93. The highest BCUT2D eigenvalue weighted by Gasteiger charge is 2.28. The van der Waals surface area contributed by atoms with Gasteiger partial charge in [0.2, 0.25) is 0 Å². The van der Waals surface area contributed by atoms with Crippen molar-refractivity contribution in [2.75, 3.05) is 6.61 Å². The second-order valence-corrected chi connectivity index (χ2v) is 10.7. The molecule has 5 nitrogen and oxygen atoms in total. The molecule has 0 aliphatic carbocycles. The van der Waals surface area contributed by atoms with Crippen LogP contribution < -0.4 is 10.2 Å². The maximum Gasteiger partial charge on any atom is 0.199 e. The van der Waals surface area contributed by atoms with Crippen molar-refractivity contribution in [1.29, 1.82) is 0 Å². The number of pyridine rings is 1. The van der Waals surface area contributed by atoms with Crippen LogP contribution in [-0.4, -0.2) is 28.7 Å². The summed E-state index contributed by atoms with van der Waals surface area (Å²) in [6.45, 7) is 9.58. The Kier molecular flexibility index (Phi) is 7.63.